The summed E-state index contributed by atoms with van der Waals surface area (Å²) < 4.78 is 10.7. The van der Waals surface area contributed by atoms with Gasteiger partial charge in [0.25, 0.3) is 0 Å². The molecular weight excluding hydrogens is 380 g/mol. The second-order valence-corrected chi connectivity index (χ2v) is 6.40. The van der Waals surface area contributed by atoms with Crippen LogP contribution in [0.25, 0.3) is 0 Å². The third kappa shape index (κ3) is 3.84. The number of hydrogen-bond acceptors (Lipinski definition) is 7. The number of nitrogens with zero attached hydrogens (tertiary/aromatic N) is 3. The van der Waals surface area contributed by atoms with Crippen LogP contribution in [-0.2, 0) is 4.74 Å². The fourth-order valence-corrected chi connectivity index (χ4v) is 2.79. The predicted molar refractivity (Wildman–Crippen MR) is 109 cm³/mol. The zero-order valence-electron chi connectivity index (χ0n) is 15.6. The molecule has 144 valence electrons. The number of aryl methyl sites for hydroxylation is 1. The number of benzene rings is 2. The maximum Gasteiger partial charge on any atom is 0.339 e. The second-order valence-electron chi connectivity index (χ2n) is 6.00. The summed E-state index contributed by atoms with van der Waals surface area (Å²) in [4.78, 5) is 22.1. The van der Waals surface area contributed by atoms with Crippen molar-refractivity contribution in [3.63, 3.8) is 0 Å². The molecule has 2 aromatic carbocycles. The number of carbonyl (C=O) groups excluding carboxylic acids is 1. The van der Waals surface area contributed by atoms with E-state index in [1.165, 1.54) is 13.4 Å². The van der Waals surface area contributed by atoms with E-state index in [9.17, 15) is 4.79 Å². The number of hydrogen-bond donors (Lipinski definition) is 1. The molecule has 0 radical (unpaired) electrons. The second kappa shape index (κ2) is 8.14. The summed E-state index contributed by atoms with van der Waals surface area (Å²) in [7, 11) is 3.08. The molecule has 0 atom stereocenters. The Labute approximate surface area is 167 Å². The topological polar surface area (TPSA) is 90.6 Å². The Morgan fingerprint density at radius 2 is 1.93 bits per heavy atom. The molecule has 0 aliphatic carbocycles. The van der Waals surface area contributed by atoms with Crippen molar-refractivity contribution in [3.05, 3.63) is 64.9 Å². The van der Waals surface area contributed by atoms with Gasteiger partial charge in [-0.2, -0.15) is 4.98 Å². The molecule has 3 aromatic rings. The van der Waals surface area contributed by atoms with Crippen LogP contribution in [-0.4, -0.2) is 30.1 Å². The Morgan fingerprint density at radius 3 is 2.64 bits per heavy atom. The molecule has 0 saturated carbocycles. The molecule has 0 fully saturated rings. The van der Waals surface area contributed by atoms with E-state index in [1.807, 2.05) is 13.0 Å². The van der Waals surface area contributed by atoms with Crippen molar-refractivity contribution in [1.29, 1.82) is 0 Å². The van der Waals surface area contributed by atoms with E-state index in [0.29, 0.717) is 27.8 Å². The summed E-state index contributed by atoms with van der Waals surface area (Å²) in [6.45, 7) is 1.88. The minimum atomic E-state index is -0.455. The van der Waals surface area contributed by atoms with Crippen LogP contribution in [0.15, 0.2) is 48.8 Å². The average molecular weight is 399 g/mol. The van der Waals surface area contributed by atoms with Crippen molar-refractivity contribution in [3.8, 4) is 11.6 Å². The first-order valence-electron chi connectivity index (χ1n) is 8.38. The third-order valence-electron chi connectivity index (χ3n) is 4.16. The molecule has 0 aliphatic heterocycles. The van der Waals surface area contributed by atoms with E-state index in [1.54, 1.807) is 48.3 Å². The normalized spacial score (nSPS) is 10.4. The molecule has 0 unspecified atom stereocenters. The summed E-state index contributed by atoms with van der Waals surface area (Å²) in [6, 6.07) is 12.3. The quantitative estimate of drug-likeness (QED) is 0.638. The van der Waals surface area contributed by atoms with Crippen LogP contribution in [0.5, 0.6) is 11.6 Å². The highest BCUT2D eigenvalue weighted by Gasteiger charge is 2.20. The van der Waals surface area contributed by atoms with Crippen molar-refractivity contribution in [2.45, 2.75) is 6.92 Å². The Morgan fingerprint density at radius 1 is 1.18 bits per heavy atom. The van der Waals surface area contributed by atoms with Gasteiger partial charge in [0, 0.05) is 12.1 Å². The van der Waals surface area contributed by atoms with Crippen molar-refractivity contribution in [2.75, 3.05) is 24.8 Å². The highest BCUT2D eigenvalue weighted by molar-refractivity contribution is 6.31. The van der Waals surface area contributed by atoms with Crippen LogP contribution in [0.4, 0.5) is 17.2 Å². The smallest absolute Gasteiger partial charge is 0.339 e. The van der Waals surface area contributed by atoms with E-state index >= 15 is 0 Å². The Hall–Kier alpha value is -3.32. The maximum atomic E-state index is 12.1. The van der Waals surface area contributed by atoms with E-state index in [0.717, 1.165) is 5.56 Å². The third-order valence-corrected chi connectivity index (χ3v) is 4.58. The number of carbonyl (C=O) groups is 1. The largest absolute Gasteiger partial charge is 0.465 e. The number of anilines is 3. The lowest BCUT2D eigenvalue weighted by Crippen LogP contribution is -2.18. The molecular formula is C20H19ClN4O3. The van der Waals surface area contributed by atoms with Gasteiger partial charge in [0.2, 0.25) is 5.88 Å². The fraction of sp³-hybridized carbons (Fsp3) is 0.150. The molecule has 2 N–H and O–H groups in total. The van der Waals surface area contributed by atoms with Crippen LogP contribution < -0.4 is 15.4 Å². The molecule has 1 heterocycles. The van der Waals surface area contributed by atoms with E-state index in [4.69, 9.17) is 26.8 Å². The lowest BCUT2D eigenvalue weighted by molar-refractivity contribution is 0.0601. The summed E-state index contributed by atoms with van der Waals surface area (Å²) in [5.41, 5.74) is 8.35. The van der Waals surface area contributed by atoms with Gasteiger partial charge in [-0.05, 0) is 42.8 Å². The van der Waals surface area contributed by atoms with Gasteiger partial charge < -0.3 is 20.1 Å². The lowest BCUT2D eigenvalue weighted by atomic mass is 10.1. The molecule has 8 heteroatoms. The van der Waals surface area contributed by atoms with Gasteiger partial charge in [-0.1, -0.05) is 23.7 Å². The number of esters is 1. The van der Waals surface area contributed by atoms with Crippen LogP contribution in [0, 0.1) is 6.92 Å². The Balaban J connectivity index is 1.97. The fourth-order valence-electron chi connectivity index (χ4n) is 2.67. The van der Waals surface area contributed by atoms with Gasteiger partial charge in [0.05, 0.1) is 18.4 Å². The minimum absolute atomic E-state index is 0.203. The Bertz CT molecular complexity index is 1030. The van der Waals surface area contributed by atoms with Crippen molar-refractivity contribution in [2.24, 2.45) is 0 Å². The number of nitrogen functional groups attached to an aromatic ring is 1. The van der Waals surface area contributed by atoms with Gasteiger partial charge in [-0.25, -0.2) is 9.78 Å². The van der Waals surface area contributed by atoms with Crippen LogP contribution in [0.1, 0.15) is 15.9 Å². The zero-order chi connectivity index (χ0) is 20.3. The first kappa shape index (κ1) is 19.4. The molecule has 28 heavy (non-hydrogen) atoms. The molecule has 0 aliphatic rings. The van der Waals surface area contributed by atoms with Gasteiger partial charge in [-0.3, -0.25) is 0 Å². The zero-order valence-corrected chi connectivity index (χ0v) is 16.4. The number of para-hydroxylation sites is 1. The average Bonchev–Trinajstić information content (AvgIpc) is 2.71. The van der Waals surface area contributed by atoms with E-state index in [-0.39, 0.29) is 11.6 Å². The number of nitrogens with two attached hydrogens (primary N) is 1. The summed E-state index contributed by atoms with van der Waals surface area (Å²) in [5, 5.41) is 0.642. The van der Waals surface area contributed by atoms with E-state index < -0.39 is 5.97 Å². The number of halogens is 1. The Kier molecular flexibility index (Phi) is 5.65. The van der Waals surface area contributed by atoms with Crippen molar-refractivity contribution >= 4 is 34.8 Å². The highest BCUT2D eigenvalue weighted by atomic mass is 35.5. The monoisotopic (exact) mass is 398 g/mol. The summed E-state index contributed by atoms with van der Waals surface area (Å²) in [6.07, 6.45) is 1.35. The molecule has 0 bridgehead atoms. The van der Waals surface area contributed by atoms with Crippen LogP contribution in [0.3, 0.4) is 0 Å². The van der Waals surface area contributed by atoms with E-state index in [2.05, 4.69) is 9.97 Å². The standard InChI is InChI=1S/C20H19ClN4O3/c1-12-10-13(8-9-15(12)21)28-19-17(22)18(23-11-24-19)25(2)16-7-5-4-6-14(16)20(26)27-3/h4-11H,22H2,1-3H3. The summed E-state index contributed by atoms with van der Waals surface area (Å²) in [5.74, 6) is 0.695. The predicted octanol–water partition coefficient (Wildman–Crippen LogP) is 4.37. The molecule has 0 amide bonds. The van der Waals surface area contributed by atoms with Gasteiger partial charge >= 0.3 is 5.97 Å². The minimum Gasteiger partial charge on any atom is -0.465 e. The molecule has 1 aromatic heterocycles. The number of methoxy groups -OCH3 is 1. The maximum absolute atomic E-state index is 12.1. The SMILES string of the molecule is COC(=O)c1ccccc1N(C)c1ncnc(Oc2ccc(Cl)c(C)c2)c1N. The number of rotatable bonds is 5. The highest BCUT2D eigenvalue weighted by Crippen LogP contribution is 2.35. The van der Waals surface area contributed by atoms with Gasteiger partial charge in [0.15, 0.2) is 5.82 Å². The molecule has 7 nitrogen and oxygen atoms in total. The first-order chi connectivity index (χ1) is 13.4. The number of ether oxygens (including phenoxy) is 2. The molecule has 0 saturated heterocycles. The number of aromatic nitrogens is 2. The van der Waals surface area contributed by atoms with Crippen LogP contribution in [0.2, 0.25) is 5.02 Å². The van der Waals surface area contributed by atoms with Crippen molar-refractivity contribution < 1.29 is 14.3 Å². The summed E-state index contributed by atoms with van der Waals surface area (Å²) >= 11 is 6.05. The van der Waals surface area contributed by atoms with Crippen molar-refractivity contribution in [1.82, 2.24) is 9.97 Å². The van der Waals surface area contributed by atoms with Crippen LogP contribution >= 0.6 is 11.6 Å². The van der Waals surface area contributed by atoms with Gasteiger partial charge in [-0.15, -0.1) is 0 Å². The lowest BCUT2D eigenvalue weighted by Gasteiger charge is -2.22. The van der Waals surface area contributed by atoms with Gasteiger partial charge in [0.1, 0.15) is 17.8 Å². The molecule has 3 rings (SSSR count). The first-order valence-corrected chi connectivity index (χ1v) is 8.75. The molecule has 0 spiro atoms.